The van der Waals surface area contributed by atoms with Gasteiger partial charge in [0.1, 0.15) is 17.6 Å². The summed E-state index contributed by atoms with van der Waals surface area (Å²) in [5, 5.41) is 3.69. The van der Waals surface area contributed by atoms with E-state index in [1.807, 2.05) is 30.3 Å². The molecule has 4 rings (SSSR count). The Balaban J connectivity index is 1.61. The molecule has 3 aromatic rings. The van der Waals surface area contributed by atoms with Gasteiger partial charge in [-0.3, -0.25) is 9.59 Å². The number of benzene rings is 3. The van der Waals surface area contributed by atoms with Crippen LogP contribution in [-0.4, -0.2) is 35.4 Å². The van der Waals surface area contributed by atoms with Crippen molar-refractivity contribution in [3.8, 4) is 5.75 Å². The second-order valence-corrected chi connectivity index (χ2v) is 9.49. The number of amides is 2. The van der Waals surface area contributed by atoms with Gasteiger partial charge in [0.15, 0.2) is 6.61 Å². The second-order valence-electron chi connectivity index (χ2n) is 9.05. The Bertz CT molecular complexity index is 1150. The second kappa shape index (κ2) is 12.5. The SMILES string of the molecule is O=C(NC1CCCC1)C(Cc1ccccc1)N(Cc1ccccc1F)C(=O)COc1ccc(Cl)cc1. The molecule has 1 fully saturated rings. The molecule has 1 saturated carbocycles. The quantitative estimate of drug-likeness (QED) is 0.390. The van der Waals surface area contributed by atoms with Crippen LogP contribution in [0.3, 0.4) is 0 Å². The summed E-state index contributed by atoms with van der Waals surface area (Å²) in [5.41, 5.74) is 1.25. The molecule has 0 radical (unpaired) electrons. The first-order valence-electron chi connectivity index (χ1n) is 12.2. The Morgan fingerprint density at radius 3 is 2.33 bits per heavy atom. The lowest BCUT2D eigenvalue weighted by molar-refractivity contribution is -0.143. The molecule has 2 amide bonds. The molecule has 0 saturated heterocycles. The van der Waals surface area contributed by atoms with E-state index in [1.165, 1.54) is 11.0 Å². The lowest BCUT2D eigenvalue weighted by atomic mass is 10.0. The summed E-state index contributed by atoms with van der Waals surface area (Å²) in [7, 11) is 0. The van der Waals surface area contributed by atoms with Crippen molar-refractivity contribution in [2.24, 2.45) is 0 Å². The number of hydrogen-bond donors (Lipinski definition) is 1. The third kappa shape index (κ3) is 7.08. The average Bonchev–Trinajstić information content (AvgIpc) is 3.40. The fraction of sp³-hybridized carbons (Fsp3) is 0.310. The molecule has 0 heterocycles. The number of halogens is 2. The van der Waals surface area contributed by atoms with Gasteiger partial charge in [0.05, 0.1) is 0 Å². The topological polar surface area (TPSA) is 58.6 Å². The van der Waals surface area contributed by atoms with Crippen LogP contribution in [0.2, 0.25) is 5.02 Å². The fourth-order valence-electron chi connectivity index (χ4n) is 4.49. The van der Waals surface area contributed by atoms with E-state index in [0.29, 0.717) is 22.8 Å². The van der Waals surface area contributed by atoms with Crippen LogP contribution in [0.25, 0.3) is 0 Å². The van der Waals surface area contributed by atoms with Crippen molar-refractivity contribution in [1.29, 1.82) is 0 Å². The normalized spacial score (nSPS) is 14.3. The van der Waals surface area contributed by atoms with Gasteiger partial charge in [-0.1, -0.05) is 73.0 Å². The highest BCUT2D eigenvalue weighted by Crippen LogP contribution is 2.21. The number of carbonyl (C=O) groups excluding carboxylic acids is 2. The van der Waals surface area contributed by atoms with Crippen LogP contribution >= 0.6 is 11.6 Å². The van der Waals surface area contributed by atoms with Gasteiger partial charge in [0, 0.05) is 29.6 Å². The van der Waals surface area contributed by atoms with Gasteiger partial charge < -0.3 is 15.0 Å². The van der Waals surface area contributed by atoms with Crippen molar-refractivity contribution >= 4 is 23.4 Å². The molecule has 0 bridgehead atoms. The number of nitrogens with zero attached hydrogens (tertiary/aromatic N) is 1. The molecule has 36 heavy (non-hydrogen) atoms. The number of rotatable bonds is 10. The van der Waals surface area contributed by atoms with E-state index in [-0.39, 0.29) is 25.1 Å². The van der Waals surface area contributed by atoms with Crippen molar-refractivity contribution in [2.75, 3.05) is 6.61 Å². The van der Waals surface area contributed by atoms with E-state index in [2.05, 4.69) is 5.32 Å². The third-order valence-electron chi connectivity index (χ3n) is 6.45. The van der Waals surface area contributed by atoms with E-state index in [0.717, 1.165) is 31.2 Å². The van der Waals surface area contributed by atoms with E-state index >= 15 is 0 Å². The first-order valence-corrected chi connectivity index (χ1v) is 12.6. The maximum atomic E-state index is 14.6. The number of ether oxygens (including phenoxy) is 1. The first kappa shape index (κ1) is 25.7. The summed E-state index contributed by atoms with van der Waals surface area (Å²) < 4.78 is 20.3. The van der Waals surface area contributed by atoms with E-state index in [4.69, 9.17) is 16.3 Å². The largest absolute Gasteiger partial charge is 0.484 e. The predicted octanol–water partition coefficient (Wildman–Crippen LogP) is 5.56. The highest BCUT2D eigenvalue weighted by molar-refractivity contribution is 6.30. The van der Waals surface area contributed by atoms with Gasteiger partial charge in [0.2, 0.25) is 5.91 Å². The van der Waals surface area contributed by atoms with Crippen LogP contribution in [0, 0.1) is 5.82 Å². The molecule has 0 aromatic heterocycles. The maximum absolute atomic E-state index is 14.6. The van der Waals surface area contributed by atoms with Crippen LogP contribution in [-0.2, 0) is 22.6 Å². The Morgan fingerprint density at radius 1 is 0.972 bits per heavy atom. The molecule has 1 atom stereocenters. The minimum atomic E-state index is -0.825. The molecule has 7 heteroatoms. The predicted molar refractivity (Wildman–Crippen MR) is 138 cm³/mol. The summed E-state index contributed by atoms with van der Waals surface area (Å²) in [4.78, 5) is 28.6. The zero-order valence-corrected chi connectivity index (χ0v) is 20.8. The van der Waals surface area contributed by atoms with Crippen molar-refractivity contribution in [3.63, 3.8) is 0 Å². The fourth-order valence-corrected chi connectivity index (χ4v) is 4.62. The summed E-state index contributed by atoms with van der Waals surface area (Å²) in [6.07, 6.45) is 4.29. The number of carbonyl (C=O) groups is 2. The third-order valence-corrected chi connectivity index (χ3v) is 6.70. The average molecular weight is 509 g/mol. The Kier molecular flexibility index (Phi) is 8.95. The standard InChI is InChI=1S/C29H30ClFN2O3/c30-23-14-16-25(17-15-23)36-20-28(34)33(19-22-10-4-7-13-26(22)31)27(18-21-8-2-1-3-9-21)29(35)32-24-11-5-6-12-24/h1-4,7-10,13-17,24,27H,5-6,11-12,18-20H2,(H,32,35). The highest BCUT2D eigenvalue weighted by Gasteiger charge is 2.32. The Hall–Kier alpha value is -3.38. The van der Waals surface area contributed by atoms with Gasteiger partial charge in [-0.25, -0.2) is 4.39 Å². The lowest BCUT2D eigenvalue weighted by Gasteiger charge is -2.32. The number of nitrogens with one attached hydrogen (secondary N) is 1. The summed E-state index contributed by atoms with van der Waals surface area (Å²) in [6, 6.07) is 21.8. The number of hydrogen-bond acceptors (Lipinski definition) is 3. The minimum Gasteiger partial charge on any atom is -0.484 e. The molecule has 1 aliphatic carbocycles. The van der Waals surface area contributed by atoms with Crippen molar-refractivity contribution in [2.45, 2.75) is 50.7 Å². The summed E-state index contributed by atoms with van der Waals surface area (Å²) in [5.74, 6) is -0.588. The molecule has 1 N–H and O–H groups in total. The molecule has 188 valence electrons. The molecule has 1 unspecified atom stereocenters. The summed E-state index contributed by atoms with van der Waals surface area (Å²) in [6.45, 7) is -0.344. The van der Waals surface area contributed by atoms with Crippen molar-refractivity contribution in [3.05, 3.63) is 101 Å². The lowest BCUT2D eigenvalue weighted by Crippen LogP contribution is -2.53. The van der Waals surface area contributed by atoms with Crippen LogP contribution in [0.4, 0.5) is 4.39 Å². The molecule has 1 aliphatic rings. The highest BCUT2D eigenvalue weighted by atomic mass is 35.5. The minimum absolute atomic E-state index is 0.0505. The zero-order chi connectivity index (χ0) is 25.3. The van der Waals surface area contributed by atoms with Crippen LogP contribution in [0.1, 0.15) is 36.8 Å². The zero-order valence-electron chi connectivity index (χ0n) is 20.0. The van der Waals surface area contributed by atoms with Gasteiger partial charge >= 0.3 is 0 Å². The first-order chi connectivity index (χ1) is 17.5. The Labute approximate surface area is 216 Å². The molecule has 5 nitrogen and oxygen atoms in total. The van der Waals surface area contributed by atoms with Gasteiger partial charge in [-0.05, 0) is 48.7 Å². The van der Waals surface area contributed by atoms with E-state index < -0.39 is 17.8 Å². The molecule has 0 aliphatic heterocycles. The van der Waals surface area contributed by atoms with Gasteiger partial charge in [0.25, 0.3) is 5.91 Å². The van der Waals surface area contributed by atoms with Crippen molar-refractivity contribution < 1.29 is 18.7 Å². The molecular weight excluding hydrogens is 479 g/mol. The molecule has 3 aromatic carbocycles. The van der Waals surface area contributed by atoms with Crippen molar-refractivity contribution in [1.82, 2.24) is 10.2 Å². The van der Waals surface area contributed by atoms with Crippen LogP contribution in [0.5, 0.6) is 5.75 Å². The summed E-state index contributed by atoms with van der Waals surface area (Å²) >= 11 is 5.94. The monoisotopic (exact) mass is 508 g/mol. The van der Waals surface area contributed by atoms with E-state index in [9.17, 15) is 14.0 Å². The van der Waals surface area contributed by atoms with E-state index in [1.54, 1.807) is 42.5 Å². The molecule has 0 spiro atoms. The van der Waals surface area contributed by atoms with Crippen LogP contribution in [0.15, 0.2) is 78.9 Å². The maximum Gasteiger partial charge on any atom is 0.261 e. The molecular formula is C29H30ClFN2O3. The van der Waals surface area contributed by atoms with Gasteiger partial charge in [-0.2, -0.15) is 0 Å². The van der Waals surface area contributed by atoms with Crippen LogP contribution < -0.4 is 10.1 Å². The van der Waals surface area contributed by atoms with Gasteiger partial charge in [-0.15, -0.1) is 0 Å². The smallest absolute Gasteiger partial charge is 0.261 e. The Morgan fingerprint density at radius 2 is 1.64 bits per heavy atom.